The van der Waals surface area contributed by atoms with Gasteiger partial charge in [-0.1, -0.05) is 6.08 Å². The van der Waals surface area contributed by atoms with Gasteiger partial charge in [0.2, 0.25) is 0 Å². The van der Waals surface area contributed by atoms with Gasteiger partial charge in [-0.15, -0.1) is 0 Å². The number of H-pyrrole nitrogens is 1. The van der Waals surface area contributed by atoms with Gasteiger partial charge < -0.3 is 19.4 Å². The number of fused-ring (bicyclic) bond motifs is 1. The number of ether oxygens (including phenoxy) is 2. The van der Waals surface area contributed by atoms with E-state index in [1.807, 2.05) is 47.5 Å². The molecule has 1 aliphatic heterocycles. The number of carbonyl (C=O) groups excluding carboxylic acids is 1. The van der Waals surface area contributed by atoms with E-state index in [4.69, 9.17) is 9.47 Å². The Morgan fingerprint density at radius 2 is 1.78 bits per heavy atom. The summed E-state index contributed by atoms with van der Waals surface area (Å²) in [6, 6.07) is 13.3. The van der Waals surface area contributed by atoms with E-state index in [0.29, 0.717) is 18.7 Å². The minimum absolute atomic E-state index is 0.0496. The molecule has 5 nitrogen and oxygen atoms in total. The van der Waals surface area contributed by atoms with Crippen LogP contribution in [0.4, 0.5) is 0 Å². The Kier molecular flexibility index (Phi) is 4.59. The lowest BCUT2D eigenvalue weighted by Crippen LogP contribution is -2.34. The van der Waals surface area contributed by atoms with Gasteiger partial charge in [-0.05, 0) is 54.5 Å². The van der Waals surface area contributed by atoms with E-state index < -0.39 is 0 Å². The molecule has 0 saturated heterocycles. The second-order valence-corrected chi connectivity index (χ2v) is 6.57. The summed E-state index contributed by atoms with van der Waals surface area (Å²) in [7, 11) is 3.30. The first-order valence-corrected chi connectivity index (χ1v) is 8.97. The number of benzene rings is 2. The van der Waals surface area contributed by atoms with E-state index >= 15 is 0 Å². The second-order valence-electron chi connectivity index (χ2n) is 6.57. The van der Waals surface area contributed by atoms with Crippen LogP contribution in [0.5, 0.6) is 11.5 Å². The van der Waals surface area contributed by atoms with Crippen LogP contribution in [-0.4, -0.2) is 43.1 Å². The van der Waals surface area contributed by atoms with Gasteiger partial charge in [0, 0.05) is 41.3 Å². The number of rotatable bonds is 4. The number of nitrogens with zero attached hydrogens (tertiary/aromatic N) is 1. The van der Waals surface area contributed by atoms with Crippen LogP contribution in [0.15, 0.2) is 54.7 Å². The third-order valence-corrected chi connectivity index (χ3v) is 5.07. The number of nitrogens with one attached hydrogen (secondary N) is 1. The van der Waals surface area contributed by atoms with E-state index in [-0.39, 0.29) is 5.91 Å². The maximum absolute atomic E-state index is 12.7. The summed E-state index contributed by atoms with van der Waals surface area (Å²) >= 11 is 0. The second kappa shape index (κ2) is 7.19. The topological polar surface area (TPSA) is 54.6 Å². The third-order valence-electron chi connectivity index (χ3n) is 5.07. The minimum atomic E-state index is 0.0496. The number of amides is 1. The number of aromatic amines is 1. The molecule has 1 amide bonds. The Labute approximate surface area is 158 Å². The van der Waals surface area contributed by atoms with Crippen molar-refractivity contribution in [2.45, 2.75) is 6.42 Å². The molecule has 0 saturated carbocycles. The Morgan fingerprint density at radius 1 is 1.04 bits per heavy atom. The predicted octanol–water partition coefficient (Wildman–Crippen LogP) is 4.11. The van der Waals surface area contributed by atoms with Gasteiger partial charge in [-0.25, -0.2) is 0 Å². The van der Waals surface area contributed by atoms with Crippen LogP contribution in [0.2, 0.25) is 0 Å². The first kappa shape index (κ1) is 17.2. The summed E-state index contributed by atoms with van der Waals surface area (Å²) in [5.41, 5.74) is 4.21. The van der Waals surface area contributed by atoms with E-state index in [9.17, 15) is 4.79 Å². The highest BCUT2D eigenvalue weighted by Gasteiger charge is 2.20. The lowest BCUT2D eigenvalue weighted by molar-refractivity contribution is 0.0773. The molecule has 3 aromatic rings. The average molecular weight is 362 g/mol. The Hall–Kier alpha value is -3.21. The van der Waals surface area contributed by atoms with Gasteiger partial charge in [-0.3, -0.25) is 4.79 Å². The van der Waals surface area contributed by atoms with Crippen LogP contribution in [0.3, 0.4) is 0 Å². The number of hydrogen-bond acceptors (Lipinski definition) is 3. The van der Waals surface area contributed by atoms with Crippen molar-refractivity contribution >= 4 is 22.4 Å². The molecule has 5 heteroatoms. The van der Waals surface area contributed by atoms with Gasteiger partial charge in [0.15, 0.2) is 0 Å². The summed E-state index contributed by atoms with van der Waals surface area (Å²) in [4.78, 5) is 17.9. The Bertz CT molecular complexity index is 1000. The van der Waals surface area contributed by atoms with Crippen LogP contribution >= 0.6 is 0 Å². The molecule has 1 aliphatic rings. The van der Waals surface area contributed by atoms with Crippen LogP contribution < -0.4 is 9.47 Å². The largest absolute Gasteiger partial charge is 0.497 e. The molecule has 0 radical (unpaired) electrons. The van der Waals surface area contributed by atoms with Crippen molar-refractivity contribution in [3.63, 3.8) is 0 Å². The van der Waals surface area contributed by atoms with E-state index in [1.54, 1.807) is 14.2 Å². The number of carbonyl (C=O) groups is 1. The molecule has 27 heavy (non-hydrogen) atoms. The monoisotopic (exact) mass is 362 g/mol. The van der Waals surface area contributed by atoms with E-state index in [2.05, 4.69) is 17.1 Å². The van der Waals surface area contributed by atoms with Crippen molar-refractivity contribution in [2.24, 2.45) is 0 Å². The Balaban J connectivity index is 1.54. The zero-order chi connectivity index (χ0) is 18.8. The number of hydrogen-bond donors (Lipinski definition) is 1. The zero-order valence-electron chi connectivity index (χ0n) is 15.5. The molecule has 138 valence electrons. The number of aromatic nitrogens is 1. The van der Waals surface area contributed by atoms with Crippen molar-refractivity contribution in [3.8, 4) is 11.5 Å². The maximum atomic E-state index is 12.7. The highest BCUT2D eigenvalue weighted by molar-refractivity contribution is 5.96. The first-order chi connectivity index (χ1) is 13.2. The summed E-state index contributed by atoms with van der Waals surface area (Å²) in [6.45, 7) is 1.31. The fourth-order valence-electron chi connectivity index (χ4n) is 3.51. The van der Waals surface area contributed by atoms with Crippen LogP contribution in [-0.2, 0) is 0 Å². The van der Waals surface area contributed by atoms with Crippen LogP contribution in [0.25, 0.3) is 16.5 Å². The SMILES string of the molecule is COc1ccc(C(=O)N2CC=C(c3c[nH]c4ccc(OC)cc34)CC2)cc1. The normalized spacial score (nSPS) is 14.1. The molecular formula is C22H22N2O3. The van der Waals surface area contributed by atoms with Gasteiger partial charge in [0.25, 0.3) is 5.91 Å². The molecule has 0 spiro atoms. The molecule has 2 aromatic carbocycles. The summed E-state index contributed by atoms with van der Waals surface area (Å²) in [5, 5.41) is 1.15. The lowest BCUT2D eigenvalue weighted by Gasteiger charge is -2.26. The van der Waals surface area contributed by atoms with Crippen LogP contribution in [0, 0.1) is 0 Å². The summed E-state index contributed by atoms with van der Waals surface area (Å²) < 4.78 is 10.5. The third kappa shape index (κ3) is 3.28. The fourth-order valence-corrected chi connectivity index (χ4v) is 3.51. The maximum Gasteiger partial charge on any atom is 0.254 e. The standard InChI is InChI=1S/C22H22N2O3/c1-26-17-5-3-16(4-6-17)22(25)24-11-9-15(10-12-24)20-14-23-21-8-7-18(27-2)13-19(20)21/h3-9,13-14,23H,10-12H2,1-2H3. The Morgan fingerprint density at radius 3 is 2.44 bits per heavy atom. The molecule has 4 rings (SSSR count). The van der Waals surface area contributed by atoms with Crippen molar-refractivity contribution in [3.05, 3.63) is 65.9 Å². The summed E-state index contributed by atoms with van der Waals surface area (Å²) in [5.74, 6) is 1.65. The lowest BCUT2D eigenvalue weighted by atomic mass is 9.98. The molecule has 0 fully saturated rings. The van der Waals surface area contributed by atoms with E-state index in [0.717, 1.165) is 28.8 Å². The van der Waals surface area contributed by atoms with Crippen molar-refractivity contribution in [1.29, 1.82) is 0 Å². The van der Waals surface area contributed by atoms with Gasteiger partial charge in [-0.2, -0.15) is 0 Å². The highest BCUT2D eigenvalue weighted by atomic mass is 16.5. The van der Waals surface area contributed by atoms with Gasteiger partial charge >= 0.3 is 0 Å². The fraction of sp³-hybridized carbons (Fsp3) is 0.227. The quantitative estimate of drug-likeness (QED) is 0.760. The van der Waals surface area contributed by atoms with E-state index in [1.165, 1.54) is 11.1 Å². The molecule has 0 atom stereocenters. The first-order valence-electron chi connectivity index (χ1n) is 8.97. The minimum Gasteiger partial charge on any atom is -0.497 e. The van der Waals surface area contributed by atoms with Gasteiger partial charge in [0.05, 0.1) is 14.2 Å². The molecule has 0 bridgehead atoms. The average Bonchev–Trinajstić information content (AvgIpc) is 3.16. The van der Waals surface area contributed by atoms with Gasteiger partial charge in [0.1, 0.15) is 11.5 Å². The molecule has 1 aromatic heterocycles. The van der Waals surface area contributed by atoms with Crippen molar-refractivity contribution < 1.29 is 14.3 Å². The molecule has 2 heterocycles. The molecular weight excluding hydrogens is 340 g/mol. The zero-order valence-corrected chi connectivity index (χ0v) is 15.5. The molecule has 0 aliphatic carbocycles. The smallest absolute Gasteiger partial charge is 0.254 e. The molecule has 0 unspecified atom stereocenters. The van der Waals surface area contributed by atoms with Crippen LogP contribution in [0.1, 0.15) is 22.3 Å². The van der Waals surface area contributed by atoms with Crippen molar-refractivity contribution in [2.75, 3.05) is 27.3 Å². The van der Waals surface area contributed by atoms with Crippen molar-refractivity contribution in [1.82, 2.24) is 9.88 Å². The molecule has 1 N–H and O–H groups in total. The number of methoxy groups -OCH3 is 2. The summed E-state index contributed by atoms with van der Waals surface area (Å²) in [6.07, 6.45) is 5.01. The highest BCUT2D eigenvalue weighted by Crippen LogP contribution is 2.31. The predicted molar refractivity (Wildman–Crippen MR) is 106 cm³/mol.